The lowest BCUT2D eigenvalue weighted by molar-refractivity contribution is 0.0602. The van der Waals surface area contributed by atoms with Crippen molar-refractivity contribution in [2.45, 2.75) is 30.2 Å². The molecule has 1 fully saturated rings. The van der Waals surface area contributed by atoms with Crippen molar-refractivity contribution in [3.63, 3.8) is 0 Å². The topological polar surface area (TPSA) is 105 Å². The smallest absolute Gasteiger partial charge is 0.254 e. The molecule has 8 nitrogen and oxygen atoms in total. The molecule has 1 amide bonds. The monoisotopic (exact) mass is 444 g/mol. The van der Waals surface area contributed by atoms with E-state index in [0.29, 0.717) is 24.2 Å². The number of H-pyrrole nitrogens is 1. The van der Waals surface area contributed by atoms with Crippen molar-refractivity contribution in [1.82, 2.24) is 20.1 Å². The molecule has 4 rings (SSSR count). The van der Waals surface area contributed by atoms with Crippen LogP contribution in [0.25, 0.3) is 0 Å². The number of hydrogen-bond donors (Lipinski definition) is 1. The molecule has 162 valence electrons. The molecule has 10 heteroatoms. The highest BCUT2D eigenvalue weighted by atomic mass is 32.2. The Morgan fingerprint density at radius 2 is 2.10 bits per heavy atom. The molecule has 0 saturated carbocycles. The lowest BCUT2D eigenvalue weighted by atomic mass is 9.98. The van der Waals surface area contributed by atoms with Crippen molar-refractivity contribution in [1.29, 1.82) is 0 Å². The van der Waals surface area contributed by atoms with E-state index < -0.39 is 21.7 Å². The van der Waals surface area contributed by atoms with Crippen LogP contribution in [0, 0.1) is 5.82 Å². The Morgan fingerprint density at radius 1 is 1.26 bits per heavy atom. The van der Waals surface area contributed by atoms with Crippen LogP contribution >= 0.6 is 0 Å². The third kappa shape index (κ3) is 4.58. The highest BCUT2D eigenvalue weighted by Crippen LogP contribution is 2.34. The zero-order chi connectivity index (χ0) is 22.0. The highest BCUT2D eigenvalue weighted by molar-refractivity contribution is 7.90. The van der Waals surface area contributed by atoms with Gasteiger partial charge in [-0.15, -0.1) is 0 Å². The molecule has 31 heavy (non-hydrogen) atoms. The molecule has 0 bridgehead atoms. The number of aromatic amines is 1. The summed E-state index contributed by atoms with van der Waals surface area (Å²) in [6.45, 7) is 0.480. The van der Waals surface area contributed by atoms with E-state index in [2.05, 4.69) is 15.2 Å². The number of ether oxygens (including phenoxy) is 1. The van der Waals surface area contributed by atoms with E-state index in [1.807, 2.05) is 0 Å². The summed E-state index contributed by atoms with van der Waals surface area (Å²) in [7, 11) is -3.49. The van der Waals surface area contributed by atoms with Crippen molar-refractivity contribution in [2.24, 2.45) is 0 Å². The fourth-order valence-electron chi connectivity index (χ4n) is 3.71. The first-order valence-corrected chi connectivity index (χ1v) is 11.7. The average molecular weight is 444 g/mol. The maximum atomic E-state index is 13.4. The normalized spacial score (nSPS) is 16.8. The molecule has 1 aliphatic heterocycles. The number of aromatic nitrogens is 3. The number of carbonyl (C=O) groups is 1. The molecular formula is C21H21FN4O4S. The lowest BCUT2D eigenvalue weighted by Crippen LogP contribution is -2.39. The first kappa shape index (κ1) is 21.0. The van der Waals surface area contributed by atoms with Gasteiger partial charge in [0.05, 0.1) is 17.9 Å². The van der Waals surface area contributed by atoms with Crippen LogP contribution in [0.5, 0.6) is 11.6 Å². The predicted molar refractivity (Wildman–Crippen MR) is 110 cm³/mol. The van der Waals surface area contributed by atoms with Crippen molar-refractivity contribution >= 4 is 15.7 Å². The maximum Gasteiger partial charge on any atom is 0.254 e. The van der Waals surface area contributed by atoms with Crippen LogP contribution in [0.1, 0.15) is 41.4 Å². The van der Waals surface area contributed by atoms with Gasteiger partial charge in [-0.1, -0.05) is 6.07 Å². The van der Waals surface area contributed by atoms with Crippen LogP contribution in [-0.2, 0) is 9.84 Å². The van der Waals surface area contributed by atoms with Gasteiger partial charge in [0, 0.05) is 36.7 Å². The summed E-state index contributed by atoms with van der Waals surface area (Å²) in [5.74, 6) is -0.293. The van der Waals surface area contributed by atoms with E-state index in [1.165, 1.54) is 36.7 Å². The van der Waals surface area contributed by atoms with Crippen molar-refractivity contribution < 1.29 is 22.3 Å². The SMILES string of the molecule is CS(=O)(=O)c1cn[nH]c1[C@@H]1CCCCN1C(=O)c1ccnc(Oc2cccc(F)c2)c1. The number of halogens is 1. The molecule has 1 aromatic carbocycles. The fraction of sp³-hybridized carbons (Fsp3) is 0.286. The third-order valence-corrected chi connectivity index (χ3v) is 6.25. The summed E-state index contributed by atoms with van der Waals surface area (Å²) < 4.78 is 43.2. The van der Waals surface area contributed by atoms with Gasteiger partial charge in [-0.3, -0.25) is 9.89 Å². The van der Waals surface area contributed by atoms with Crippen LogP contribution in [0.3, 0.4) is 0 Å². The first-order valence-electron chi connectivity index (χ1n) is 9.77. The zero-order valence-corrected chi connectivity index (χ0v) is 17.6. The van der Waals surface area contributed by atoms with Crippen molar-refractivity contribution in [2.75, 3.05) is 12.8 Å². The Bertz CT molecular complexity index is 1210. The molecule has 0 spiro atoms. The van der Waals surface area contributed by atoms with Gasteiger partial charge in [-0.05, 0) is 37.5 Å². The maximum absolute atomic E-state index is 13.4. The zero-order valence-electron chi connectivity index (χ0n) is 16.8. The second-order valence-corrected chi connectivity index (χ2v) is 9.36. The Balaban J connectivity index is 1.61. The largest absolute Gasteiger partial charge is 0.439 e. The fourth-order valence-corrected chi connectivity index (χ4v) is 4.53. The number of rotatable bonds is 5. The van der Waals surface area contributed by atoms with Gasteiger partial charge < -0.3 is 9.64 Å². The molecule has 2 aromatic heterocycles. The minimum absolute atomic E-state index is 0.0991. The number of carbonyl (C=O) groups excluding carboxylic acids is 1. The summed E-state index contributed by atoms with van der Waals surface area (Å²) >= 11 is 0. The predicted octanol–water partition coefficient (Wildman–Crippen LogP) is 3.51. The van der Waals surface area contributed by atoms with Gasteiger partial charge in [0.2, 0.25) is 5.88 Å². The van der Waals surface area contributed by atoms with Crippen LogP contribution in [-0.4, -0.2) is 47.2 Å². The van der Waals surface area contributed by atoms with Crippen LogP contribution in [0.15, 0.2) is 53.7 Å². The molecule has 0 aliphatic carbocycles. The molecule has 1 atom stereocenters. The molecule has 3 heterocycles. The van der Waals surface area contributed by atoms with Gasteiger partial charge in [0.15, 0.2) is 9.84 Å². The molecular weight excluding hydrogens is 423 g/mol. The van der Waals surface area contributed by atoms with Crippen molar-refractivity contribution in [3.05, 3.63) is 65.9 Å². The second kappa shape index (κ2) is 8.46. The Kier molecular flexibility index (Phi) is 5.73. The van der Waals surface area contributed by atoms with Crippen LogP contribution in [0.4, 0.5) is 4.39 Å². The summed E-state index contributed by atoms with van der Waals surface area (Å²) in [4.78, 5) is 19.2. The minimum Gasteiger partial charge on any atom is -0.439 e. The molecule has 3 aromatic rings. The molecule has 1 N–H and O–H groups in total. The molecule has 1 aliphatic rings. The highest BCUT2D eigenvalue weighted by Gasteiger charge is 2.33. The summed E-state index contributed by atoms with van der Waals surface area (Å²) in [6, 6.07) is 8.25. The number of amides is 1. The lowest BCUT2D eigenvalue weighted by Gasteiger charge is -2.35. The standard InChI is InChI=1S/C21H21FN4O4S/c1-31(28,29)18-13-24-25-20(18)17-7-2-3-10-26(17)21(27)14-8-9-23-19(11-14)30-16-6-4-5-15(22)12-16/h4-6,8-9,11-13,17H,2-3,7,10H2,1H3,(H,24,25)/t17-/m0/s1. The number of nitrogens with zero attached hydrogens (tertiary/aromatic N) is 3. The number of nitrogens with one attached hydrogen (secondary N) is 1. The van der Waals surface area contributed by atoms with E-state index in [9.17, 15) is 17.6 Å². The minimum atomic E-state index is -3.49. The Labute approximate surface area is 179 Å². The number of sulfone groups is 1. The van der Waals surface area contributed by atoms with E-state index in [-0.39, 0.29) is 22.4 Å². The Hall–Kier alpha value is -3.27. The Morgan fingerprint density at radius 3 is 2.87 bits per heavy atom. The van der Waals surface area contributed by atoms with Gasteiger partial charge in [0.25, 0.3) is 5.91 Å². The third-order valence-electron chi connectivity index (χ3n) is 5.13. The van der Waals surface area contributed by atoms with Gasteiger partial charge in [-0.25, -0.2) is 17.8 Å². The second-order valence-electron chi connectivity index (χ2n) is 7.37. The van der Waals surface area contributed by atoms with Gasteiger partial charge >= 0.3 is 0 Å². The summed E-state index contributed by atoms with van der Waals surface area (Å²) in [5.41, 5.74) is 0.759. The molecule has 1 saturated heterocycles. The number of pyridine rings is 1. The molecule has 0 radical (unpaired) electrons. The molecule has 0 unspecified atom stereocenters. The van der Waals surface area contributed by atoms with E-state index in [0.717, 1.165) is 19.1 Å². The van der Waals surface area contributed by atoms with Crippen LogP contribution < -0.4 is 4.74 Å². The van der Waals surface area contributed by atoms with E-state index >= 15 is 0 Å². The van der Waals surface area contributed by atoms with Crippen LogP contribution in [0.2, 0.25) is 0 Å². The number of benzene rings is 1. The number of likely N-dealkylation sites (tertiary alicyclic amines) is 1. The number of hydrogen-bond acceptors (Lipinski definition) is 6. The average Bonchev–Trinajstić information content (AvgIpc) is 3.24. The quantitative estimate of drug-likeness (QED) is 0.646. The van der Waals surface area contributed by atoms with Gasteiger partial charge in [-0.2, -0.15) is 5.10 Å². The van der Waals surface area contributed by atoms with Crippen molar-refractivity contribution in [3.8, 4) is 11.6 Å². The number of piperidine rings is 1. The summed E-state index contributed by atoms with van der Waals surface area (Å²) in [6.07, 6.45) is 6.13. The van der Waals surface area contributed by atoms with E-state index in [1.54, 1.807) is 17.0 Å². The summed E-state index contributed by atoms with van der Waals surface area (Å²) in [5, 5.41) is 6.67. The van der Waals surface area contributed by atoms with Gasteiger partial charge in [0.1, 0.15) is 16.5 Å². The first-order chi connectivity index (χ1) is 14.8. The van der Waals surface area contributed by atoms with E-state index in [4.69, 9.17) is 4.74 Å².